The Morgan fingerprint density at radius 2 is 2.18 bits per heavy atom. The molecule has 22 heavy (non-hydrogen) atoms. The molecule has 3 rings (SSSR count). The number of ether oxygens (including phenoxy) is 1. The quantitative estimate of drug-likeness (QED) is 0.835. The van der Waals surface area contributed by atoms with Crippen molar-refractivity contribution in [1.29, 1.82) is 0 Å². The van der Waals surface area contributed by atoms with Gasteiger partial charge in [-0.3, -0.25) is 14.5 Å². The lowest BCUT2D eigenvalue weighted by atomic mass is 10.1. The molecule has 2 atom stereocenters. The van der Waals surface area contributed by atoms with Crippen molar-refractivity contribution in [2.75, 3.05) is 19.6 Å². The molecule has 0 radical (unpaired) electrons. The Hall–Kier alpha value is -2.08. The Morgan fingerprint density at radius 1 is 1.36 bits per heavy atom. The first-order valence-electron chi connectivity index (χ1n) is 7.61. The number of fused-ring (bicyclic) bond motifs is 1. The van der Waals surface area contributed by atoms with Crippen molar-refractivity contribution in [2.45, 2.75) is 31.4 Å². The first-order valence-corrected chi connectivity index (χ1v) is 7.61. The zero-order valence-electron chi connectivity index (χ0n) is 12.3. The Kier molecular flexibility index (Phi) is 4.29. The molecule has 1 amide bonds. The number of carboxylic acids is 1. The van der Waals surface area contributed by atoms with Gasteiger partial charge in [-0.05, 0) is 31.0 Å². The van der Waals surface area contributed by atoms with E-state index >= 15 is 0 Å². The molecule has 0 saturated carbocycles. The third kappa shape index (κ3) is 3.22. The van der Waals surface area contributed by atoms with Gasteiger partial charge in [0, 0.05) is 6.42 Å². The first-order chi connectivity index (χ1) is 10.6. The summed E-state index contributed by atoms with van der Waals surface area (Å²) in [4.78, 5) is 24.8. The molecular weight excluding hydrogens is 284 g/mol. The highest BCUT2D eigenvalue weighted by Crippen LogP contribution is 2.27. The lowest BCUT2D eigenvalue weighted by Gasteiger charge is -2.20. The predicted molar refractivity (Wildman–Crippen MR) is 79.8 cm³/mol. The van der Waals surface area contributed by atoms with Crippen molar-refractivity contribution < 1.29 is 19.4 Å². The second kappa shape index (κ2) is 6.36. The van der Waals surface area contributed by atoms with E-state index in [1.165, 1.54) is 0 Å². The monoisotopic (exact) mass is 304 g/mol. The van der Waals surface area contributed by atoms with Crippen molar-refractivity contribution >= 4 is 11.9 Å². The fraction of sp³-hybridized carbons (Fsp3) is 0.500. The highest BCUT2D eigenvalue weighted by Gasteiger charge is 2.31. The summed E-state index contributed by atoms with van der Waals surface area (Å²) in [5.74, 6) is -0.111. The number of benzene rings is 1. The summed E-state index contributed by atoms with van der Waals surface area (Å²) < 4.78 is 5.76. The SMILES string of the molecule is O=C(CN1CCC[C@H]1C(=O)O)NCC1Cc2ccccc2O1. The van der Waals surface area contributed by atoms with Crippen molar-refractivity contribution in [1.82, 2.24) is 10.2 Å². The maximum atomic E-state index is 12.0. The average molecular weight is 304 g/mol. The van der Waals surface area contributed by atoms with Crippen molar-refractivity contribution in [2.24, 2.45) is 0 Å². The normalized spacial score (nSPS) is 23.8. The van der Waals surface area contributed by atoms with Gasteiger partial charge in [-0.1, -0.05) is 18.2 Å². The van der Waals surface area contributed by atoms with Crippen LogP contribution >= 0.6 is 0 Å². The molecule has 1 fully saturated rings. The number of para-hydroxylation sites is 1. The molecule has 2 aliphatic rings. The Bertz CT molecular complexity index is 550. The number of nitrogens with one attached hydrogen (secondary N) is 1. The minimum absolute atomic E-state index is 0.0461. The van der Waals surface area contributed by atoms with Crippen LogP contribution in [0.25, 0.3) is 0 Å². The topological polar surface area (TPSA) is 78.9 Å². The summed E-state index contributed by atoms with van der Waals surface area (Å²) in [5, 5.41) is 12.0. The van der Waals surface area contributed by atoms with Crippen molar-refractivity contribution in [3.8, 4) is 5.75 Å². The lowest BCUT2D eigenvalue weighted by Crippen LogP contribution is -2.44. The van der Waals surface area contributed by atoms with Gasteiger partial charge in [-0.15, -0.1) is 0 Å². The first kappa shape index (κ1) is 14.8. The molecule has 0 bridgehead atoms. The van der Waals surface area contributed by atoms with Gasteiger partial charge in [0.1, 0.15) is 17.9 Å². The van der Waals surface area contributed by atoms with Crippen LogP contribution in [0.3, 0.4) is 0 Å². The van der Waals surface area contributed by atoms with Gasteiger partial charge in [-0.2, -0.15) is 0 Å². The lowest BCUT2D eigenvalue weighted by molar-refractivity contribution is -0.142. The van der Waals surface area contributed by atoms with Crippen LogP contribution < -0.4 is 10.1 Å². The van der Waals surface area contributed by atoms with Crippen LogP contribution in [-0.2, 0) is 16.0 Å². The molecule has 0 spiro atoms. The van der Waals surface area contributed by atoms with Crippen molar-refractivity contribution in [3.05, 3.63) is 29.8 Å². The maximum Gasteiger partial charge on any atom is 0.320 e. The van der Waals surface area contributed by atoms with Gasteiger partial charge in [-0.25, -0.2) is 0 Å². The van der Waals surface area contributed by atoms with Gasteiger partial charge < -0.3 is 15.2 Å². The molecule has 1 aromatic rings. The summed E-state index contributed by atoms with van der Waals surface area (Å²) in [6.45, 7) is 1.24. The van der Waals surface area contributed by atoms with Crippen LogP contribution in [0, 0.1) is 0 Å². The van der Waals surface area contributed by atoms with Gasteiger partial charge >= 0.3 is 5.97 Å². The van der Waals surface area contributed by atoms with Crippen LogP contribution in [0.4, 0.5) is 0 Å². The second-order valence-corrected chi connectivity index (χ2v) is 5.82. The number of carboxylic acid groups (broad SMARTS) is 1. The standard InChI is InChI=1S/C16H20N2O4/c19-15(10-18-7-3-5-13(18)16(20)21)17-9-12-8-11-4-1-2-6-14(11)22-12/h1-2,4,6,12-13H,3,5,7-10H2,(H,17,19)(H,20,21)/t12?,13-/m0/s1. The fourth-order valence-corrected chi connectivity index (χ4v) is 3.13. The predicted octanol–water partition coefficient (Wildman–Crippen LogP) is 0.655. The highest BCUT2D eigenvalue weighted by atomic mass is 16.5. The molecule has 6 heteroatoms. The number of nitrogens with zero attached hydrogens (tertiary/aromatic N) is 1. The number of rotatable bonds is 5. The summed E-state index contributed by atoms with van der Waals surface area (Å²) in [6, 6.07) is 7.33. The molecule has 0 aromatic heterocycles. The van der Waals surface area contributed by atoms with E-state index in [-0.39, 0.29) is 18.6 Å². The number of likely N-dealkylation sites (tertiary alicyclic amines) is 1. The van der Waals surface area contributed by atoms with Crippen molar-refractivity contribution in [3.63, 3.8) is 0 Å². The Balaban J connectivity index is 1.45. The van der Waals surface area contributed by atoms with E-state index in [0.717, 1.165) is 24.2 Å². The van der Waals surface area contributed by atoms with E-state index in [9.17, 15) is 9.59 Å². The smallest absolute Gasteiger partial charge is 0.320 e. The molecule has 6 nitrogen and oxygen atoms in total. The van der Waals surface area contributed by atoms with Crippen LogP contribution in [-0.4, -0.2) is 53.7 Å². The molecule has 2 heterocycles. The zero-order valence-corrected chi connectivity index (χ0v) is 12.3. The number of amides is 1. The number of carbonyl (C=O) groups excluding carboxylic acids is 1. The van der Waals surface area contributed by atoms with Gasteiger partial charge in [0.25, 0.3) is 0 Å². The van der Waals surface area contributed by atoms with Gasteiger partial charge in [0.15, 0.2) is 0 Å². The molecular formula is C16H20N2O4. The summed E-state index contributed by atoms with van der Waals surface area (Å²) in [7, 11) is 0. The van der Waals surface area contributed by atoms with Crippen LogP contribution in [0.15, 0.2) is 24.3 Å². The summed E-state index contributed by atoms with van der Waals surface area (Å²) in [5.41, 5.74) is 1.16. The average Bonchev–Trinajstić information content (AvgIpc) is 3.10. The number of hydrogen-bond donors (Lipinski definition) is 2. The zero-order chi connectivity index (χ0) is 15.5. The minimum atomic E-state index is -0.847. The van der Waals surface area contributed by atoms with Crippen LogP contribution in [0.1, 0.15) is 18.4 Å². The van der Waals surface area contributed by atoms with E-state index < -0.39 is 12.0 Å². The van der Waals surface area contributed by atoms with Crippen LogP contribution in [0.2, 0.25) is 0 Å². The molecule has 1 saturated heterocycles. The minimum Gasteiger partial charge on any atom is -0.488 e. The number of aliphatic carboxylic acids is 1. The van der Waals surface area contributed by atoms with E-state index in [2.05, 4.69) is 5.32 Å². The molecule has 2 N–H and O–H groups in total. The largest absolute Gasteiger partial charge is 0.488 e. The highest BCUT2D eigenvalue weighted by molar-refractivity contribution is 5.80. The molecule has 1 unspecified atom stereocenters. The van der Waals surface area contributed by atoms with E-state index in [1.54, 1.807) is 4.90 Å². The second-order valence-electron chi connectivity index (χ2n) is 5.82. The Morgan fingerprint density at radius 3 is 2.95 bits per heavy atom. The molecule has 2 aliphatic heterocycles. The molecule has 0 aliphatic carbocycles. The van der Waals surface area contributed by atoms with Gasteiger partial charge in [0.2, 0.25) is 5.91 Å². The number of carbonyl (C=O) groups is 2. The fourth-order valence-electron chi connectivity index (χ4n) is 3.13. The van der Waals surface area contributed by atoms with Gasteiger partial charge in [0.05, 0.1) is 13.1 Å². The Labute approximate surface area is 129 Å². The van der Waals surface area contributed by atoms with Crippen LogP contribution in [0.5, 0.6) is 5.75 Å². The maximum absolute atomic E-state index is 12.0. The van der Waals surface area contributed by atoms with E-state index in [0.29, 0.717) is 19.5 Å². The van der Waals surface area contributed by atoms with E-state index in [1.807, 2.05) is 24.3 Å². The molecule has 118 valence electrons. The summed E-state index contributed by atoms with van der Waals surface area (Å²) >= 11 is 0. The third-order valence-corrected chi connectivity index (χ3v) is 4.24. The summed E-state index contributed by atoms with van der Waals surface area (Å²) in [6.07, 6.45) is 2.18. The third-order valence-electron chi connectivity index (χ3n) is 4.24. The number of hydrogen-bond acceptors (Lipinski definition) is 4. The van der Waals surface area contributed by atoms with E-state index in [4.69, 9.17) is 9.84 Å². The molecule has 1 aromatic carbocycles.